The molecule has 3 aromatic rings. The molecule has 2 heterocycles. The number of nitrogens with one attached hydrogen (secondary N) is 1. The first-order valence-corrected chi connectivity index (χ1v) is 10.8. The van der Waals surface area contributed by atoms with Gasteiger partial charge in [-0.2, -0.15) is 0 Å². The van der Waals surface area contributed by atoms with Crippen molar-refractivity contribution in [3.05, 3.63) is 54.6 Å². The van der Waals surface area contributed by atoms with Crippen LogP contribution >= 0.6 is 23.1 Å². The van der Waals surface area contributed by atoms with Crippen molar-refractivity contribution in [3.63, 3.8) is 0 Å². The fourth-order valence-corrected chi connectivity index (χ4v) is 4.52. The molecule has 0 radical (unpaired) electrons. The molecule has 1 aliphatic heterocycles. The molecule has 0 saturated carbocycles. The quantitative estimate of drug-likeness (QED) is 0.518. The maximum Gasteiger partial charge on any atom is 0.236 e. The number of thioether (sulfide) groups is 1. The van der Waals surface area contributed by atoms with Crippen LogP contribution in [0.4, 0.5) is 10.8 Å². The molecule has 1 aromatic heterocycles. The summed E-state index contributed by atoms with van der Waals surface area (Å²) in [5.74, 6) is 0.192. The van der Waals surface area contributed by atoms with Gasteiger partial charge < -0.3 is 15.0 Å². The predicted octanol–water partition coefficient (Wildman–Crippen LogP) is 3.99. The predicted molar refractivity (Wildman–Crippen MR) is 117 cm³/mol. The third-order valence-corrected chi connectivity index (χ3v) is 6.10. The normalized spacial score (nSPS) is 15.0. The summed E-state index contributed by atoms with van der Waals surface area (Å²) in [5.41, 5.74) is 1.78. The Labute approximate surface area is 171 Å². The first kappa shape index (κ1) is 18.9. The number of aliphatic imine (C=N–C) groups is 1. The van der Waals surface area contributed by atoms with Gasteiger partial charge in [-0.3, -0.25) is 4.79 Å². The number of amides is 1. The fourth-order valence-electron chi connectivity index (χ4n) is 2.77. The Morgan fingerprint density at radius 3 is 2.68 bits per heavy atom. The largest absolute Gasteiger partial charge is 0.378 e. The van der Waals surface area contributed by atoms with Gasteiger partial charge in [0.05, 0.1) is 34.9 Å². The molecule has 0 bridgehead atoms. The number of rotatable bonds is 4. The van der Waals surface area contributed by atoms with Gasteiger partial charge in [0.2, 0.25) is 5.91 Å². The number of ether oxygens (including phenoxy) is 1. The number of aromatic nitrogens is 1. The van der Waals surface area contributed by atoms with Crippen molar-refractivity contribution in [3.8, 4) is 0 Å². The van der Waals surface area contributed by atoms with Gasteiger partial charge >= 0.3 is 0 Å². The third-order valence-electron chi connectivity index (χ3n) is 4.14. The van der Waals surface area contributed by atoms with Crippen LogP contribution in [0.15, 0.2) is 59.6 Å². The minimum absolute atomic E-state index is 0.0851. The third kappa shape index (κ3) is 4.89. The lowest BCUT2D eigenvalue weighted by Crippen LogP contribution is -2.39. The Hall–Kier alpha value is -2.42. The second kappa shape index (κ2) is 9.18. The van der Waals surface area contributed by atoms with Crippen molar-refractivity contribution in [2.45, 2.75) is 0 Å². The minimum Gasteiger partial charge on any atom is -0.378 e. The Bertz CT molecular complexity index is 936. The van der Waals surface area contributed by atoms with E-state index < -0.39 is 0 Å². The van der Waals surface area contributed by atoms with Crippen LogP contribution in [0.2, 0.25) is 0 Å². The van der Waals surface area contributed by atoms with Crippen molar-refractivity contribution >= 4 is 55.2 Å². The summed E-state index contributed by atoms with van der Waals surface area (Å²) in [6.45, 7) is 2.90. The van der Waals surface area contributed by atoms with Crippen molar-refractivity contribution in [1.29, 1.82) is 0 Å². The number of amidine groups is 1. The zero-order chi connectivity index (χ0) is 19.2. The Morgan fingerprint density at radius 2 is 1.89 bits per heavy atom. The fraction of sp³-hybridized carbons (Fsp3) is 0.250. The van der Waals surface area contributed by atoms with Gasteiger partial charge in [-0.1, -0.05) is 53.4 Å². The average Bonchev–Trinajstić information content (AvgIpc) is 3.14. The summed E-state index contributed by atoms with van der Waals surface area (Å²) in [7, 11) is 0. The topological polar surface area (TPSA) is 66.8 Å². The van der Waals surface area contributed by atoms with Crippen molar-refractivity contribution in [2.24, 2.45) is 4.99 Å². The van der Waals surface area contributed by atoms with Crippen LogP contribution in [0.3, 0.4) is 0 Å². The van der Waals surface area contributed by atoms with Gasteiger partial charge in [0.15, 0.2) is 10.3 Å². The molecular weight excluding hydrogens is 392 g/mol. The van der Waals surface area contributed by atoms with Gasteiger partial charge in [-0.25, -0.2) is 9.98 Å². The molecule has 1 saturated heterocycles. The smallest absolute Gasteiger partial charge is 0.236 e. The number of nitrogens with zero attached hydrogens (tertiary/aromatic N) is 3. The molecule has 1 fully saturated rings. The van der Waals surface area contributed by atoms with E-state index in [1.165, 1.54) is 23.1 Å². The van der Waals surface area contributed by atoms with Crippen molar-refractivity contribution < 1.29 is 9.53 Å². The number of para-hydroxylation sites is 2. The lowest BCUT2D eigenvalue weighted by atomic mass is 10.3. The number of morpholine rings is 1. The van der Waals surface area contributed by atoms with E-state index in [2.05, 4.69) is 15.2 Å². The van der Waals surface area contributed by atoms with Gasteiger partial charge in [-0.15, -0.1) is 0 Å². The van der Waals surface area contributed by atoms with Crippen LogP contribution in [0.25, 0.3) is 10.2 Å². The molecule has 1 aliphatic rings. The minimum atomic E-state index is -0.0851. The standard InChI is InChI=1S/C20H20N4O2S2/c25-18(23-19-22-16-8-4-5-9-17(16)28-19)14-27-20(24-10-12-26-13-11-24)21-15-6-2-1-3-7-15/h1-9H,10-14H2,(H,22,23,25). The van der Waals surface area contributed by atoms with Crippen molar-refractivity contribution in [2.75, 3.05) is 37.4 Å². The van der Waals surface area contributed by atoms with E-state index >= 15 is 0 Å². The number of fused-ring (bicyclic) bond motifs is 1. The summed E-state index contributed by atoms with van der Waals surface area (Å²) < 4.78 is 6.50. The maximum absolute atomic E-state index is 12.5. The summed E-state index contributed by atoms with van der Waals surface area (Å²) >= 11 is 2.92. The number of anilines is 1. The summed E-state index contributed by atoms with van der Waals surface area (Å²) in [5, 5.41) is 4.37. The lowest BCUT2D eigenvalue weighted by Gasteiger charge is -2.29. The zero-order valence-corrected chi connectivity index (χ0v) is 16.8. The van der Waals surface area contributed by atoms with Crippen LogP contribution in [0.1, 0.15) is 0 Å². The molecule has 8 heteroatoms. The maximum atomic E-state index is 12.5. The molecule has 4 rings (SSSR count). The summed E-state index contributed by atoms with van der Waals surface area (Å²) in [6.07, 6.45) is 0. The molecule has 144 valence electrons. The second-order valence-corrected chi connectivity index (χ2v) is 8.13. The SMILES string of the molecule is O=C(CSC(=Nc1ccccc1)N1CCOCC1)Nc1nc2ccccc2s1. The summed E-state index contributed by atoms with van der Waals surface area (Å²) in [4.78, 5) is 23.8. The van der Waals surface area contributed by atoms with Gasteiger partial charge in [0, 0.05) is 13.1 Å². The second-order valence-electron chi connectivity index (χ2n) is 6.15. The van der Waals surface area contributed by atoms with E-state index in [4.69, 9.17) is 9.73 Å². The van der Waals surface area contributed by atoms with Crippen LogP contribution < -0.4 is 5.32 Å². The van der Waals surface area contributed by atoms with Crippen LogP contribution in [-0.2, 0) is 9.53 Å². The van der Waals surface area contributed by atoms with E-state index in [0.29, 0.717) is 18.3 Å². The average molecular weight is 413 g/mol. The highest BCUT2D eigenvalue weighted by Gasteiger charge is 2.18. The molecule has 1 N–H and O–H groups in total. The van der Waals surface area contributed by atoms with Gasteiger partial charge in [-0.05, 0) is 24.3 Å². The molecule has 1 amide bonds. The number of hydrogen-bond donors (Lipinski definition) is 1. The van der Waals surface area contributed by atoms with Crippen LogP contribution in [0.5, 0.6) is 0 Å². The number of benzene rings is 2. The number of carbonyl (C=O) groups excluding carboxylic acids is 1. The van der Waals surface area contributed by atoms with Crippen LogP contribution in [0, 0.1) is 0 Å². The monoisotopic (exact) mass is 412 g/mol. The molecule has 2 aromatic carbocycles. The van der Waals surface area contributed by atoms with E-state index in [0.717, 1.165) is 34.2 Å². The van der Waals surface area contributed by atoms with Crippen molar-refractivity contribution in [1.82, 2.24) is 9.88 Å². The van der Waals surface area contributed by atoms with Gasteiger partial charge in [0.25, 0.3) is 0 Å². The van der Waals surface area contributed by atoms with Gasteiger partial charge in [0.1, 0.15) is 0 Å². The molecule has 0 spiro atoms. The Morgan fingerprint density at radius 1 is 1.14 bits per heavy atom. The van der Waals surface area contributed by atoms with E-state index in [9.17, 15) is 4.79 Å². The molecule has 0 aliphatic carbocycles. The first-order chi connectivity index (χ1) is 13.8. The Kier molecular flexibility index (Phi) is 6.20. The van der Waals surface area contributed by atoms with E-state index in [-0.39, 0.29) is 11.7 Å². The Balaban J connectivity index is 1.42. The molecule has 6 nitrogen and oxygen atoms in total. The lowest BCUT2D eigenvalue weighted by molar-refractivity contribution is -0.113. The first-order valence-electron chi connectivity index (χ1n) is 9.02. The van der Waals surface area contributed by atoms with Crippen LogP contribution in [-0.4, -0.2) is 53.0 Å². The van der Waals surface area contributed by atoms with E-state index in [1.807, 2.05) is 54.6 Å². The molecule has 0 unspecified atom stereocenters. The summed E-state index contributed by atoms with van der Waals surface area (Å²) in [6, 6.07) is 17.7. The number of thiazole rings is 1. The molecular formula is C20H20N4O2S2. The highest BCUT2D eigenvalue weighted by atomic mass is 32.2. The number of hydrogen-bond acceptors (Lipinski definition) is 6. The number of carbonyl (C=O) groups is 1. The van der Waals surface area contributed by atoms with E-state index in [1.54, 1.807) is 0 Å². The molecule has 28 heavy (non-hydrogen) atoms. The molecule has 0 atom stereocenters. The highest BCUT2D eigenvalue weighted by molar-refractivity contribution is 8.14. The zero-order valence-electron chi connectivity index (χ0n) is 15.2. The highest BCUT2D eigenvalue weighted by Crippen LogP contribution is 2.25.